The Hall–Kier alpha value is 0.0700. The third kappa shape index (κ3) is 3.12. The van der Waals surface area contributed by atoms with Crippen LogP contribution in [0.4, 0.5) is 0 Å². The molecule has 0 spiro atoms. The average molecular weight is 319 g/mol. The molecule has 3 fully saturated rings. The Morgan fingerprint density at radius 3 is 2.50 bits per heavy atom. The highest BCUT2D eigenvalue weighted by Gasteiger charge is 2.42. The van der Waals surface area contributed by atoms with E-state index in [2.05, 4.69) is 11.8 Å². The minimum absolute atomic E-state index is 0. The second kappa shape index (κ2) is 6.89. The standard InChI is InChI=1S/C15H26N2OS.ClH/c1-10-9-19-6-5-17(10)15(18)13-7-11-3-2-4-12(8-13)14(11)16;/h10-14H,2-9,16H2,1H3;1H. The first-order chi connectivity index (χ1) is 9.16. The van der Waals surface area contributed by atoms with Gasteiger partial charge in [-0.1, -0.05) is 6.42 Å². The van der Waals surface area contributed by atoms with Crippen molar-refractivity contribution < 1.29 is 4.79 Å². The molecule has 2 bridgehead atoms. The van der Waals surface area contributed by atoms with Crippen LogP contribution in [0.3, 0.4) is 0 Å². The molecule has 116 valence electrons. The number of thioether (sulfide) groups is 1. The first kappa shape index (κ1) is 16.4. The van der Waals surface area contributed by atoms with Crippen LogP contribution in [0.5, 0.6) is 0 Å². The maximum Gasteiger partial charge on any atom is 0.225 e. The topological polar surface area (TPSA) is 46.3 Å². The minimum Gasteiger partial charge on any atom is -0.338 e. The number of nitrogens with two attached hydrogens (primary N) is 1. The van der Waals surface area contributed by atoms with E-state index in [1.54, 1.807) is 0 Å². The summed E-state index contributed by atoms with van der Waals surface area (Å²) in [6.07, 6.45) is 5.90. The first-order valence-electron chi connectivity index (χ1n) is 7.80. The van der Waals surface area contributed by atoms with Crippen molar-refractivity contribution in [2.45, 2.75) is 51.1 Å². The monoisotopic (exact) mass is 318 g/mol. The number of hydrogen-bond donors (Lipinski definition) is 1. The fraction of sp³-hybridized carbons (Fsp3) is 0.933. The summed E-state index contributed by atoms with van der Waals surface area (Å²) in [7, 11) is 0. The summed E-state index contributed by atoms with van der Waals surface area (Å²) in [5.41, 5.74) is 6.32. The van der Waals surface area contributed by atoms with E-state index >= 15 is 0 Å². The van der Waals surface area contributed by atoms with Crippen LogP contribution in [0.15, 0.2) is 0 Å². The highest BCUT2D eigenvalue weighted by atomic mass is 35.5. The van der Waals surface area contributed by atoms with Crippen molar-refractivity contribution in [1.29, 1.82) is 0 Å². The molecular formula is C15H27ClN2OS. The second-order valence-electron chi connectivity index (χ2n) is 6.65. The van der Waals surface area contributed by atoms with E-state index in [1.807, 2.05) is 11.8 Å². The van der Waals surface area contributed by atoms with Crippen molar-refractivity contribution in [2.75, 3.05) is 18.1 Å². The molecule has 5 heteroatoms. The van der Waals surface area contributed by atoms with Gasteiger partial charge in [0.25, 0.3) is 0 Å². The molecule has 0 radical (unpaired) electrons. The Morgan fingerprint density at radius 1 is 1.25 bits per heavy atom. The molecule has 1 aliphatic heterocycles. The number of fused-ring (bicyclic) bond motifs is 2. The molecule has 3 unspecified atom stereocenters. The smallest absolute Gasteiger partial charge is 0.225 e. The molecule has 1 heterocycles. The summed E-state index contributed by atoms with van der Waals surface area (Å²) in [4.78, 5) is 14.9. The maximum absolute atomic E-state index is 12.8. The highest BCUT2D eigenvalue weighted by Crippen LogP contribution is 2.42. The molecule has 2 aliphatic carbocycles. The molecule has 0 aromatic heterocycles. The Balaban J connectivity index is 0.00000147. The number of nitrogens with zero attached hydrogens (tertiary/aromatic N) is 1. The molecule has 3 rings (SSSR count). The molecule has 3 nitrogen and oxygen atoms in total. The van der Waals surface area contributed by atoms with Crippen LogP contribution in [0.2, 0.25) is 0 Å². The summed E-state index contributed by atoms with van der Waals surface area (Å²) < 4.78 is 0. The van der Waals surface area contributed by atoms with Crippen molar-refractivity contribution >= 4 is 30.1 Å². The number of hydrogen-bond acceptors (Lipinski definition) is 3. The lowest BCUT2D eigenvalue weighted by Gasteiger charge is -2.45. The fourth-order valence-corrected chi connectivity index (χ4v) is 5.29. The summed E-state index contributed by atoms with van der Waals surface area (Å²) in [5, 5.41) is 0. The zero-order valence-electron chi connectivity index (χ0n) is 12.3. The molecule has 2 N–H and O–H groups in total. The van der Waals surface area contributed by atoms with Crippen LogP contribution in [0, 0.1) is 17.8 Å². The van der Waals surface area contributed by atoms with Crippen LogP contribution in [-0.4, -0.2) is 40.9 Å². The van der Waals surface area contributed by atoms with Crippen molar-refractivity contribution in [3.8, 4) is 0 Å². The van der Waals surface area contributed by atoms with Gasteiger partial charge in [-0.05, 0) is 44.4 Å². The fourth-order valence-electron chi connectivity index (χ4n) is 4.28. The zero-order chi connectivity index (χ0) is 13.4. The second-order valence-corrected chi connectivity index (χ2v) is 7.80. The van der Waals surface area contributed by atoms with Gasteiger partial charge in [0.05, 0.1) is 0 Å². The Kier molecular flexibility index (Phi) is 5.66. The van der Waals surface area contributed by atoms with Gasteiger partial charge in [0.2, 0.25) is 5.91 Å². The molecule has 0 aromatic rings. The number of rotatable bonds is 1. The van der Waals surface area contributed by atoms with Crippen molar-refractivity contribution in [3.63, 3.8) is 0 Å². The van der Waals surface area contributed by atoms with Crippen LogP contribution >= 0.6 is 24.2 Å². The number of halogens is 1. The van der Waals surface area contributed by atoms with Gasteiger partial charge in [0.15, 0.2) is 0 Å². The van der Waals surface area contributed by atoms with E-state index in [4.69, 9.17) is 5.73 Å². The van der Waals surface area contributed by atoms with Crippen molar-refractivity contribution in [1.82, 2.24) is 4.90 Å². The van der Waals surface area contributed by atoms with Gasteiger partial charge in [-0.2, -0.15) is 11.8 Å². The van der Waals surface area contributed by atoms with E-state index in [-0.39, 0.29) is 18.3 Å². The summed E-state index contributed by atoms with van der Waals surface area (Å²) in [6, 6.07) is 0.786. The van der Waals surface area contributed by atoms with Gasteiger partial charge in [-0.3, -0.25) is 4.79 Å². The summed E-state index contributed by atoms with van der Waals surface area (Å²) in [5.74, 6) is 4.11. The normalized spacial score (nSPS) is 40.9. The zero-order valence-corrected chi connectivity index (χ0v) is 13.9. The van der Waals surface area contributed by atoms with Crippen LogP contribution in [0.1, 0.15) is 39.0 Å². The summed E-state index contributed by atoms with van der Waals surface area (Å²) >= 11 is 1.97. The van der Waals surface area contributed by atoms with Gasteiger partial charge in [-0.25, -0.2) is 0 Å². The van der Waals surface area contributed by atoms with E-state index in [9.17, 15) is 4.79 Å². The molecule has 3 aliphatic rings. The Bertz CT molecular complexity index is 341. The molecule has 20 heavy (non-hydrogen) atoms. The third-order valence-electron chi connectivity index (χ3n) is 5.41. The molecule has 1 amide bonds. The maximum atomic E-state index is 12.8. The number of carbonyl (C=O) groups excluding carboxylic acids is 1. The van der Waals surface area contributed by atoms with E-state index in [0.29, 0.717) is 29.8 Å². The number of carbonyl (C=O) groups is 1. The van der Waals surface area contributed by atoms with Gasteiger partial charge in [0, 0.05) is 36.1 Å². The lowest BCUT2D eigenvalue weighted by Crippen LogP contribution is -2.52. The number of amides is 1. The SMILES string of the molecule is CC1CSCCN1C(=O)C1CC2CCCC(C1)C2N.Cl. The van der Waals surface area contributed by atoms with E-state index in [1.165, 1.54) is 19.3 Å². The van der Waals surface area contributed by atoms with E-state index in [0.717, 1.165) is 30.9 Å². The quantitative estimate of drug-likeness (QED) is 0.808. The highest BCUT2D eigenvalue weighted by molar-refractivity contribution is 7.99. The Morgan fingerprint density at radius 2 is 1.90 bits per heavy atom. The van der Waals surface area contributed by atoms with Gasteiger partial charge in [-0.15, -0.1) is 12.4 Å². The molecular weight excluding hydrogens is 292 g/mol. The molecule has 1 saturated heterocycles. The summed E-state index contributed by atoms with van der Waals surface area (Å²) in [6.45, 7) is 3.14. The van der Waals surface area contributed by atoms with Crippen LogP contribution in [-0.2, 0) is 4.79 Å². The molecule has 2 saturated carbocycles. The average Bonchev–Trinajstić information content (AvgIpc) is 2.38. The third-order valence-corrected chi connectivity index (χ3v) is 6.60. The largest absolute Gasteiger partial charge is 0.338 e. The van der Waals surface area contributed by atoms with Crippen molar-refractivity contribution in [2.24, 2.45) is 23.5 Å². The Labute approximate surface area is 132 Å². The predicted molar refractivity (Wildman–Crippen MR) is 87.3 cm³/mol. The predicted octanol–water partition coefficient (Wildman–Crippen LogP) is 2.53. The van der Waals surface area contributed by atoms with Gasteiger partial charge in [0.1, 0.15) is 0 Å². The molecule has 3 atom stereocenters. The lowest BCUT2D eigenvalue weighted by molar-refractivity contribution is -0.140. The van der Waals surface area contributed by atoms with Gasteiger partial charge >= 0.3 is 0 Å². The molecule has 0 aromatic carbocycles. The first-order valence-corrected chi connectivity index (χ1v) is 8.96. The van der Waals surface area contributed by atoms with E-state index < -0.39 is 0 Å². The van der Waals surface area contributed by atoms with Crippen LogP contribution < -0.4 is 5.73 Å². The minimum atomic E-state index is 0. The van der Waals surface area contributed by atoms with Crippen LogP contribution in [0.25, 0.3) is 0 Å². The van der Waals surface area contributed by atoms with Crippen molar-refractivity contribution in [3.05, 3.63) is 0 Å². The lowest BCUT2D eigenvalue weighted by atomic mass is 9.65. The van der Waals surface area contributed by atoms with Gasteiger partial charge < -0.3 is 10.6 Å².